The van der Waals surface area contributed by atoms with E-state index in [9.17, 15) is 10.1 Å². The van der Waals surface area contributed by atoms with Gasteiger partial charge in [0.05, 0.1) is 18.2 Å². The molecule has 0 unspecified atom stereocenters. The SMILES string of the molecule is C=CCNC(=S)NN=Cc1ccc(OC)c(OCc2ccc([N+](=O)[O-])cc2)c1. The smallest absolute Gasteiger partial charge is 0.269 e. The molecule has 0 saturated carbocycles. The molecule has 0 aromatic heterocycles. The van der Waals surface area contributed by atoms with Gasteiger partial charge >= 0.3 is 0 Å². The van der Waals surface area contributed by atoms with Crippen LogP contribution in [0.1, 0.15) is 11.1 Å². The summed E-state index contributed by atoms with van der Waals surface area (Å²) < 4.78 is 11.1. The van der Waals surface area contributed by atoms with Gasteiger partial charge in [0.25, 0.3) is 5.69 Å². The minimum absolute atomic E-state index is 0.0348. The summed E-state index contributed by atoms with van der Waals surface area (Å²) in [5, 5.41) is 18.1. The molecule has 0 amide bonds. The molecule has 0 saturated heterocycles. The van der Waals surface area contributed by atoms with Crippen molar-refractivity contribution in [2.75, 3.05) is 13.7 Å². The van der Waals surface area contributed by atoms with Crippen molar-refractivity contribution in [2.24, 2.45) is 5.10 Å². The topological polar surface area (TPSA) is 98.0 Å². The van der Waals surface area contributed by atoms with Crippen molar-refractivity contribution in [3.63, 3.8) is 0 Å². The van der Waals surface area contributed by atoms with Gasteiger partial charge in [-0.25, -0.2) is 0 Å². The molecule has 0 spiro atoms. The number of thiocarbonyl (C=S) groups is 1. The van der Waals surface area contributed by atoms with E-state index >= 15 is 0 Å². The van der Waals surface area contributed by atoms with E-state index in [-0.39, 0.29) is 12.3 Å². The summed E-state index contributed by atoms with van der Waals surface area (Å²) in [5.41, 5.74) is 4.31. The number of non-ortho nitro benzene ring substituents is 1. The van der Waals surface area contributed by atoms with Crippen LogP contribution in [0, 0.1) is 10.1 Å². The molecule has 8 nitrogen and oxygen atoms in total. The van der Waals surface area contributed by atoms with Crippen LogP contribution in [0.5, 0.6) is 11.5 Å². The summed E-state index contributed by atoms with van der Waals surface area (Å²) in [4.78, 5) is 10.3. The highest BCUT2D eigenvalue weighted by atomic mass is 32.1. The normalized spacial score (nSPS) is 10.3. The lowest BCUT2D eigenvalue weighted by molar-refractivity contribution is -0.384. The Balaban J connectivity index is 2.02. The Morgan fingerprint density at radius 1 is 1.29 bits per heavy atom. The molecular formula is C19H20N4O4S. The highest BCUT2D eigenvalue weighted by molar-refractivity contribution is 7.80. The molecule has 28 heavy (non-hydrogen) atoms. The molecule has 0 bridgehead atoms. The van der Waals surface area contributed by atoms with Crippen LogP contribution in [0.25, 0.3) is 0 Å². The van der Waals surface area contributed by atoms with Gasteiger partial charge in [-0.15, -0.1) is 6.58 Å². The van der Waals surface area contributed by atoms with E-state index in [1.165, 1.54) is 12.1 Å². The quantitative estimate of drug-likeness (QED) is 0.219. The number of hydrogen-bond donors (Lipinski definition) is 2. The van der Waals surface area contributed by atoms with Gasteiger partial charge in [-0.05, 0) is 53.7 Å². The van der Waals surface area contributed by atoms with Crippen molar-refractivity contribution >= 4 is 29.2 Å². The Bertz CT molecular complexity index is 869. The molecule has 0 fully saturated rings. The summed E-state index contributed by atoms with van der Waals surface area (Å²) >= 11 is 5.05. The summed E-state index contributed by atoms with van der Waals surface area (Å²) in [7, 11) is 1.55. The van der Waals surface area contributed by atoms with Crippen molar-refractivity contribution in [3.8, 4) is 11.5 Å². The van der Waals surface area contributed by atoms with Gasteiger partial charge in [0.15, 0.2) is 16.6 Å². The third kappa shape index (κ3) is 6.36. The van der Waals surface area contributed by atoms with Crippen molar-refractivity contribution in [1.29, 1.82) is 0 Å². The van der Waals surface area contributed by atoms with Crippen LogP contribution in [-0.2, 0) is 6.61 Å². The van der Waals surface area contributed by atoms with E-state index in [0.717, 1.165) is 11.1 Å². The molecule has 0 aliphatic rings. The fourth-order valence-corrected chi connectivity index (χ4v) is 2.27. The summed E-state index contributed by atoms with van der Waals surface area (Å²) in [6.45, 7) is 4.38. The Hall–Kier alpha value is -3.46. The second kappa shape index (κ2) is 10.6. The number of hydrazone groups is 1. The summed E-state index contributed by atoms with van der Waals surface area (Å²) in [6, 6.07) is 11.5. The second-order valence-electron chi connectivity index (χ2n) is 5.49. The molecule has 0 aliphatic heterocycles. The number of nitro groups is 1. The number of nitrogens with one attached hydrogen (secondary N) is 2. The van der Waals surface area contributed by atoms with E-state index in [4.69, 9.17) is 21.7 Å². The van der Waals surface area contributed by atoms with E-state index < -0.39 is 4.92 Å². The Morgan fingerprint density at radius 2 is 2.04 bits per heavy atom. The molecule has 0 aliphatic carbocycles. The highest BCUT2D eigenvalue weighted by Gasteiger charge is 2.08. The number of rotatable bonds is 9. The van der Waals surface area contributed by atoms with Gasteiger partial charge in [-0.2, -0.15) is 5.10 Å². The van der Waals surface area contributed by atoms with Crippen LogP contribution in [-0.4, -0.2) is 29.9 Å². The Labute approximate surface area is 168 Å². The first kappa shape index (κ1) is 20.8. The monoisotopic (exact) mass is 400 g/mol. The number of nitrogens with zero attached hydrogens (tertiary/aromatic N) is 2. The highest BCUT2D eigenvalue weighted by Crippen LogP contribution is 2.28. The van der Waals surface area contributed by atoms with Gasteiger partial charge in [-0.3, -0.25) is 15.5 Å². The van der Waals surface area contributed by atoms with Crippen LogP contribution < -0.4 is 20.2 Å². The van der Waals surface area contributed by atoms with E-state index in [1.54, 1.807) is 43.7 Å². The lowest BCUT2D eigenvalue weighted by Gasteiger charge is -2.11. The lowest BCUT2D eigenvalue weighted by atomic mass is 10.2. The number of nitro benzene ring substituents is 1. The first-order chi connectivity index (χ1) is 13.5. The van der Waals surface area contributed by atoms with Crippen LogP contribution in [0.4, 0.5) is 5.69 Å². The van der Waals surface area contributed by atoms with Gasteiger partial charge in [0, 0.05) is 18.7 Å². The minimum atomic E-state index is -0.441. The van der Waals surface area contributed by atoms with Crippen molar-refractivity contribution in [1.82, 2.24) is 10.7 Å². The first-order valence-electron chi connectivity index (χ1n) is 8.25. The van der Waals surface area contributed by atoms with Crippen LogP contribution >= 0.6 is 12.2 Å². The van der Waals surface area contributed by atoms with Crippen LogP contribution in [0.2, 0.25) is 0 Å². The average Bonchev–Trinajstić information content (AvgIpc) is 2.71. The summed E-state index contributed by atoms with van der Waals surface area (Å²) in [5.74, 6) is 1.09. The maximum Gasteiger partial charge on any atom is 0.269 e. The molecule has 0 atom stereocenters. The van der Waals surface area contributed by atoms with E-state index in [2.05, 4.69) is 22.4 Å². The van der Waals surface area contributed by atoms with Crippen molar-refractivity contribution in [3.05, 3.63) is 76.4 Å². The zero-order chi connectivity index (χ0) is 20.4. The Morgan fingerprint density at radius 3 is 2.68 bits per heavy atom. The van der Waals surface area contributed by atoms with Gasteiger partial charge in [-0.1, -0.05) is 6.08 Å². The molecule has 2 N–H and O–H groups in total. The van der Waals surface area contributed by atoms with E-state index in [1.807, 2.05) is 6.07 Å². The van der Waals surface area contributed by atoms with Gasteiger partial charge in [0.2, 0.25) is 0 Å². The first-order valence-corrected chi connectivity index (χ1v) is 8.66. The lowest BCUT2D eigenvalue weighted by Crippen LogP contribution is -2.31. The maximum atomic E-state index is 10.7. The molecule has 2 rings (SSSR count). The fourth-order valence-electron chi connectivity index (χ4n) is 2.13. The third-order valence-electron chi connectivity index (χ3n) is 3.52. The molecule has 0 heterocycles. The second-order valence-corrected chi connectivity index (χ2v) is 5.90. The van der Waals surface area contributed by atoms with Crippen molar-refractivity contribution in [2.45, 2.75) is 6.61 Å². The predicted molar refractivity (Wildman–Crippen MR) is 112 cm³/mol. The number of benzene rings is 2. The minimum Gasteiger partial charge on any atom is -0.493 e. The zero-order valence-electron chi connectivity index (χ0n) is 15.3. The molecule has 146 valence electrons. The molecule has 9 heteroatoms. The standard InChI is InChI=1S/C19H20N4O4S/c1-3-10-20-19(28)22-21-12-15-6-9-17(26-2)18(11-15)27-13-14-4-7-16(8-5-14)23(24)25/h3-9,11-12H,1,10,13H2,2H3,(H2,20,22,28). The van der Waals surface area contributed by atoms with Crippen LogP contribution in [0.15, 0.2) is 60.2 Å². The average molecular weight is 400 g/mol. The third-order valence-corrected chi connectivity index (χ3v) is 3.75. The summed E-state index contributed by atoms with van der Waals surface area (Å²) in [6.07, 6.45) is 3.29. The molecular weight excluding hydrogens is 380 g/mol. The van der Waals surface area contributed by atoms with E-state index in [0.29, 0.717) is 23.2 Å². The Kier molecular flexibility index (Phi) is 7.92. The number of methoxy groups -OCH3 is 1. The van der Waals surface area contributed by atoms with Crippen molar-refractivity contribution < 1.29 is 14.4 Å². The maximum absolute atomic E-state index is 10.7. The fraction of sp³-hybridized carbons (Fsp3) is 0.158. The van der Waals surface area contributed by atoms with Crippen LogP contribution in [0.3, 0.4) is 0 Å². The number of ether oxygens (including phenoxy) is 2. The predicted octanol–water partition coefficient (Wildman–Crippen LogP) is 3.17. The zero-order valence-corrected chi connectivity index (χ0v) is 16.1. The molecule has 2 aromatic rings. The molecule has 2 aromatic carbocycles. The van der Waals surface area contributed by atoms with Gasteiger partial charge in [0.1, 0.15) is 6.61 Å². The number of hydrogen-bond acceptors (Lipinski definition) is 6. The largest absolute Gasteiger partial charge is 0.493 e. The molecule has 0 radical (unpaired) electrons. The van der Waals surface area contributed by atoms with Gasteiger partial charge < -0.3 is 14.8 Å².